The minimum absolute atomic E-state index is 0. The minimum atomic E-state index is -0.926. The number of Topliss-reactive ketones (excluding diaryl/α,β-unsaturated/α-hetero) is 1. The Bertz CT molecular complexity index is 885. The second kappa shape index (κ2) is 18.0. The van der Waals surface area contributed by atoms with E-state index in [1.807, 2.05) is 41.5 Å². The summed E-state index contributed by atoms with van der Waals surface area (Å²) in [5.74, 6) is -2.31. The molecule has 4 unspecified atom stereocenters. The van der Waals surface area contributed by atoms with Crippen LogP contribution in [0.15, 0.2) is 0 Å². The fourth-order valence-electron chi connectivity index (χ4n) is 4.05. The van der Waals surface area contributed by atoms with Crippen LogP contribution in [0.5, 0.6) is 0 Å². The molecule has 0 radical (unpaired) electrons. The van der Waals surface area contributed by atoms with Gasteiger partial charge < -0.3 is 26.0 Å². The van der Waals surface area contributed by atoms with Crippen LogP contribution >= 0.6 is 33.1 Å². The Balaban J connectivity index is 0.0000152. The zero-order valence-electron chi connectivity index (χ0n) is 24.4. The van der Waals surface area contributed by atoms with Gasteiger partial charge in [-0.3, -0.25) is 24.0 Å². The van der Waals surface area contributed by atoms with Crippen LogP contribution in [0.3, 0.4) is 0 Å². The highest BCUT2D eigenvalue weighted by Gasteiger charge is 2.50. The van der Waals surface area contributed by atoms with Crippen molar-refractivity contribution in [2.75, 3.05) is 6.61 Å². The number of hydrogen-bond donors (Lipinski definition) is 4. The molecule has 0 bridgehead atoms. The van der Waals surface area contributed by atoms with E-state index < -0.39 is 54.5 Å². The van der Waals surface area contributed by atoms with Crippen molar-refractivity contribution >= 4 is 62.5 Å². The summed E-state index contributed by atoms with van der Waals surface area (Å²) in [6, 6.07) is -2.52. The molecule has 1 fully saturated rings. The van der Waals surface area contributed by atoms with E-state index in [-0.39, 0.29) is 36.9 Å². The second-order valence-electron chi connectivity index (χ2n) is 11.6. The Morgan fingerprint density at radius 3 is 1.52 bits per heavy atom. The van der Waals surface area contributed by atoms with E-state index in [9.17, 15) is 24.0 Å². The number of carbonyl (C=O) groups is 5. The average molecular weight is 641 g/mol. The molecule has 0 aromatic carbocycles. The number of ketones is 1. The summed E-state index contributed by atoms with van der Waals surface area (Å²) in [7, 11) is 4.64. The maximum atomic E-state index is 13.5. The van der Waals surface area contributed by atoms with Crippen molar-refractivity contribution in [2.45, 2.75) is 112 Å². The Morgan fingerprint density at radius 2 is 1.18 bits per heavy atom. The molecular formula is C26H52N4O6P4. The summed E-state index contributed by atoms with van der Waals surface area (Å²) in [5.41, 5.74) is -0.880. The van der Waals surface area contributed by atoms with Crippen molar-refractivity contribution in [1.82, 2.24) is 21.3 Å². The summed E-state index contributed by atoms with van der Waals surface area (Å²) < 4.78 is 5.33. The summed E-state index contributed by atoms with van der Waals surface area (Å²) in [6.07, 6.45) is 1.16. The number of ether oxygens (including phenoxy) is 1. The minimum Gasteiger partial charge on any atom is -0.361 e. The maximum Gasteiger partial charge on any atom is 0.248 e. The van der Waals surface area contributed by atoms with Gasteiger partial charge in [0.1, 0.15) is 23.5 Å². The van der Waals surface area contributed by atoms with Crippen LogP contribution in [0.25, 0.3) is 0 Å². The van der Waals surface area contributed by atoms with E-state index in [0.717, 1.165) is 0 Å². The molecule has 232 valence electrons. The largest absolute Gasteiger partial charge is 0.361 e. The maximum absolute atomic E-state index is 13.5. The van der Waals surface area contributed by atoms with E-state index in [4.69, 9.17) is 4.74 Å². The van der Waals surface area contributed by atoms with Gasteiger partial charge in [-0.1, -0.05) is 56.9 Å². The lowest BCUT2D eigenvalue weighted by molar-refractivity contribution is -0.135. The fraction of sp³-hybridized carbons (Fsp3) is 0.808. The van der Waals surface area contributed by atoms with Crippen LogP contribution in [0.2, 0.25) is 0 Å². The van der Waals surface area contributed by atoms with Gasteiger partial charge in [0.05, 0.1) is 12.6 Å². The monoisotopic (exact) mass is 640 g/mol. The molecule has 0 saturated carbocycles. The zero-order valence-corrected chi connectivity index (χ0v) is 28.6. The normalized spacial score (nSPS) is 20.3. The van der Waals surface area contributed by atoms with Gasteiger partial charge in [-0.25, -0.2) is 0 Å². The first-order chi connectivity index (χ1) is 18.0. The van der Waals surface area contributed by atoms with Gasteiger partial charge in [0.15, 0.2) is 5.78 Å². The molecule has 0 aromatic rings. The number of rotatable bonds is 17. The Morgan fingerprint density at radius 1 is 0.800 bits per heavy atom. The molecule has 40 heavy (non-hydrogen) atoms. The molecule has 0 aliphatic carbocycles. The smallest absolute Gasteiger partial charge is 0.248 e. The topological polar surface area (TPSA) is 146 Å². The molecule has 1 aliphatic heterocycles. The van der Waals surface area contributed by atoms with Crippen LogP contribution in [0, 0.1) is 17.8 Å². The van der Waals surface area contributed by atoms with Crippen LogP contribution < -0.4 is 21.3 Å². The molecule has 1 aliphatic rings. The highest BCUT2D eigenvalue weighted by molar-refractivity contribution is 8.61. The zero-order chi connectivity index (χ0) is 30.1. The van der Waals surface area contributed by atoms with E-state index in [1.54, 1.807) is 6.92 Å². The van der Waals surface area contributed by atoms with Gasteiger partial charge in [0.25, 0.3) is 0 Å². The average Bonchev–Trinajstić information content (AvgIpc) is 3.57. The standard InChI is InChI=1S/C25H48N4O6P4.CH4/c1-13(2)9-17(20(31)25(8)12-35-25)27-21(32)18(10-14(3)4)28-22(33)19(11-15(5)6)29-23(34)24(26-16(7)30)39(37)38-36;/h13-15,17-19,24,38H,9-12,36-37H2,1-8H3,(H,26,30)(H,27,32)(H,28,33)(H,29,34);1H4/t17-,18-,19-,24-,25+,39?;/m0./s1. The number of epoxide rings is 1. The molecule has 4 amide bonds. The van der Waals surface area contributed by atoms with E-state index in [1.165, 1.54) is 6.92 Å². The molecule has 1 saturated heterocycles. The Hall–Kier alpha value is -0.770. The van der Waals surface area contributed by atoms with Crippen molar-refractivity contribution in [3.05, 3.63) is 0 Å². The molecule has 10 nitrogen and oxygen atoms in total. The summed E-state index contributed by atoms with van der Waals surface area (Å²) in [4.78, 5) is 64.8. The van der Waals surface area contributed by atoms with Gasteiger partial charge in [0.2, 0.25) is 23.6 Å². The van der Waals surface area contributed by atoms with E-state index in [2.05, 4.69) is 39.1 Å². The highest BCUT2D eigenvalue weighted by atomic mass is 32.6. The third-order valence-corrected chi connectivity index (χ3v) is 16.6. The molecule has 1 rings (SSSR count). The quantitative estimate of drug-likeness (QED) is 0.141. The molecule has 0 spiro atoms. The lowest BCUT2D eigenvalue weighted by Gasteiger charge is -2.29. The van der Waals surface area contributed by atoms with Crippen molar-refractivity contribution < 1.29 is 28.7 Å². The third-order valence-electron chi connectivity index (χ3n) is 6.13. The van der Waals surface area contributed by atoms with Crippen LogP contribution in [-0.2, 0) is 28.7 Å². The summed E-state index contributed by atoms with van der Waals surface area (Å²) in [5, 5.41) is 11.2. The summed E-state index contributed by atoms with van der Waals surface area (Å²) >= 11 is 0. The molecular weight excluding hydrogens is 588 g/mol. The number of amides is 4. The van der Waals surface area contributed by atoms with Gasteiger partial charge >= 0.3 is 0 Å². The van der Waals surface area contributed by atoms with Crippen LogP contribution in [0.4, 0.5) is 0 Å². The lowest BCUT2D eigenvalue weighted by atomic mass is 9.92. The first-order valence-corrected chi connectivity index (χ1v) is 20.0. The van der Waals surface area contributed by atoms with Crippen LogP contribution in [0.1, 0.15) is 82.1 Å². The van der Waals surface area contributed by atoms with Gasteiger partial charge in [-0.2, -0.15) is 0 Å². The van der Waals surface area contributed by atoms with Crippen molar-refractivity contribution in [2.24, 2.45) is 17.8 Å². The number of carbonyl (C=O) groups excluding carboxylic acids is 5. The fourth-order valence-corrected chi connectivity index (χ4v) is 7.81. The van der Waals surface area contributed by atoms with Gasteiger partial charge in [-0.15, -0.1) is 17.9 Å². The molecule has 9 atom stereocenters. The van der Waals surface area contributed by atoms with E-state index >= 15 is 0 Å². The van der Waals surface area contributed by atoms with Crippen molar-refractivity contribution in [3.8, 4) is 0 Å². The lowest BCUT2D eigenvalue weighted by Crippen LogP contribution is -2.58. The highest BCUT2D eigenvalue weighted by Crippen LogP contribution is 2.68. The predicted octanol–water partition coefficient (Wildman–Crippen LogP) is 3.69. The van der Waals surface area contributed by atoms with Gasteiger partial charge in [0, 0.05) is 6.92 Å². The van der Waals surface area contributed by atoms with Crippen LogP contribution in [-0.4, -0.2) is 65.5 Å². The summed E-state index contributed by atoms with van der Waals surface area (Å²) in [6.45, 7) is 15.1. The molecule has 1 heterocycles. The van der Waals surface area contributed by atoms with Crippen molar-refractivity contribution in [3.63, 3.8) is 0 Å². The first kappa shape index (κ1) is 39.2. The Kier molecular flexibility index (Phi) is 17.7. The first-order valence-electron chi connectivity index (χ1n) is 13.4. The molecule has 0 aromatic heterocycles. The van der Waals surface area contributed by atoms with Crippen molar-refractivity contribution in [1.29, 1.82) is 0 Å². The third kappa shape index (κ3) is 13.5. The Labute approximate surface area is 248 Å². The predicted molar refractivity (Wildman–Crippen MR) is 173 cm³/mol. The second-order valence-corrected chi connectivity index (χ2v) is 21.1. The SMILES string of the molecule is C.CC(=O)N[C@H](C(=O)N[C@@H](CC(C)C)C(=O)N[C@@H](CC(C)C)C(=O)N[C@@H](CC(C)C)C(=O)[C@@]1(C)CO1)P(P)PP. The molecule has 14 heteroatoms. The number of nitrogens with one attached hydrogen (secondary N) is 4. The molecule has 4 N–H and O–H groups in total. The van der Waals surface area contributed by atoms with E-state index in [0.29, 0.717) is 33.8 Å². The number of hydrogen-bond acceptors (Lipinski definition) is 6. The van der Waals surface area contributed by atoms with Gasteiger partial charge in [-0.05, 0) is 51.2 Å².